The van der Waals surface area contributed by atoms with E-state index in [2.05, 4.69) is 6.58 Å². The molecule has 0 saturated carbocycles. The molecule has 34 heavy (non-hydrogen) atoms. The summed E-state index contributed by atoms with van der Waals surface area (Å²) in [6.07, 6.45) is 1.01. The Balaban J connectivity index is 2.04. The van der Waals surface area contributed by atoms with Gasteiger partial charge in [-0.25, -0.2) is 14.4 Å². The summed E-state index contributed by atoms with van der Waals surface area (Å²) >= 11 is 0. The molecule has 0 aliphatic carbocycles. The lowest BCUT2D eigenvalue weighted by atomic mass is 10.2. The monoisotopic (exact) mass is 474 g/mol. The molecular weight excluding hydrogens is 448 g/mol. The van der Waals surface area contributed by atoms with Gasteiger partial charge in [-0.2, -0.15) is 0 Å². The number of unbranched alkanes of at least 4 members (excludes halogenated alkanes) is 1. The van der Waals surface area contributed by atoms with Crippen LogP contribution in [0.4, 0.5) is 4.79 Å². The molecule has 0 unspecified atom stereocenters. The highest BCUT2D eigenvalue weighted by Crippen LogP contribution is 2.39. The fourth-order valence-corrected chi connectivity index (χ4v) is 2.66. The van der Waals surface area contributed by atoms with Gasteiger partial charge in [0.15, 0.2) is 23.0 Å². The molecule has 0 aliphatic heterocycles. The molecule has 0 heterocycles. The highest BCUT2D eigenvalue weighted by molar-refractivity contribution is 5.93. The van der Waals surface area contributed by atoms with E-state index in [9.17, 15) is 14.4 Å². The third-order valence-electron chi connectivity index (χ3n) is 4.32. The van der Waals surface area contributed by atoms with Gasteiger partial charge in [0.2, 0.25) is 5.75 Å². The minimum absolute atomic E-state index is 0.0401. The molecule has 10 heteroatoms. The van der Waals surface area contributed by atoms with Crippen molar-refractivity contribution in [3.63, 3.8) is 0 Å². The lowest BCUT2D eigenvalue weighted by Crippen LogP contribution is -2.14. The van der Waals surface area contributed by atoms with Crippen LogP contribution in [0, 0.1) is 0 Å². The highest BCUT2D eigenvalue weighted by atomic mass is 16.7. The second kappa shape index (κ2) is 13.4. The van der Waals surface area contributed by atoms with Crippen molar-refractivity contribution in [3.8, 4) is 28.7 Å². The van der Waals surface area contributed by atoms with Crippen LogP contribution in [-0.2, 0) is 14.3 Å². The molecule has 2 aromatic carbocycles. The van der Waals surface area contributed by atoms with Crippen LogP contribution in [0.25, 0.3) is 0 Å². The largest absolute Gasteiger partial charge is 0.514 e. The van der Waals surface area contributed by atoms with Crippen LogP contribution in [0.1, 0.15) is 23.2 Å². The van der Waals surface area contributed by atoms with Crippen LogP contribution in [0.15, 0.2) is 49.1 Å². The number of hydrogen-bond acceptors (Lipinski definition) is 10. The van der Waals surface area contributed by atoms with Crippen molar-refractivity contribution in [2.24, 2.45) is 0 Å². The van der Waals surface area contributed by atoms with E-state index in [-0.39, 0.29) is 41.8 Å². The Kier molecular flexibility index (Phi) is 10.2. The molecule has 2 aromatic rings. The van der Waals surface area contributed by atoms with E-state index >= 15 is 0 Å². The number of methoxy groups -OCH3 is 3. The van der Waals surface area contributed by atoms with E-state index in [0.29, 0.717) is 18.6 Å². The first-order valence-electron chi connectivity index (χ1n) is 10.2. The average Bonchev–Trinajstić information content (AvgIpc) is 2.86. The molecule has 0 radical (unpaired) electrons. The van der Waals surface area contributed by atoms with Crippen molar-refractivity contribution >= 4 is 18.1 Å². The third-order valence-corrected chi connectivity index (χ3v) is 4.32. The van der Waals surface area contributed by atoms with Crippen LogP contribution < -0.4 is 23.7 Å². The second-order valence-electron chi connectivity index (χ2n) is 6.53. The first kappa shape index (κ1) is 26.0. The fourth-order valence-electron chi connectivity index (χ4n) is 2.66. The maximum atomic E-state index is 12.7. The predicted molar refractivity (Wildman–Crippen MR) is 120 cm³/mol. The molecule has 0 fully saturated rings. The van der Waals surface area contributed by atoms with E-state index in [1.165, 1.54) is 33.5 Å². The van der Waals surface area contributed by atoms with E-state index in [4.69, 9.17) is 33.2 Å². The number of hydrogen-bond donors (Lipinski definition) is 0. The quantitative estimate of drug-likeness (QED) is 0.147. The minimum Gasteiger partial charge on any atom is -0.493 e. The number of carbonyl (C=O) groups is 3. The van der Waals surface area contributed by atoms with E-state index in [0.717, 1.165) is 6.08 Å². The summed E-state index contributed by atoms with van der Waals surface area (Å²) in [5.74, 6) is -0.558. The zero-order chi connectivity index (χ0) is 24.9. The summed E-state index contributed by atoms with van der Waals surface area (Å²) in [6, 6.07) is 9.36. The van der Waals surface area contributed by atoms with Crippen molar-refractivity contribution in [2.45, 2.75) is 12.8 Å². The zero-order valence-corrected chi connectivity index (χ0v) is 19.2. The Hall–Kier alpha value is -4.21. The smallest absolute Gasteiger partial charge is 0.493 e. The molecule has 0 N–H and O–H groups in total. The molecule has 0 saturated heterocycles. The third kappa shape index (κ3) is 7.44. The minimum atomic E-state index is -0.996. The molecule has 2 rings (SSSR count). The van der Waals surface area contributed by atoms with Crippen molar-refractivity contribution in [1.29, 1.82) is 0 Å². The molecule has 0 amide bonds. The first-order valence-corrected chi connectivity index (χ1v) is 10.2. The van der Waals surface area contributed by atoms with Gasteiger partial charge in [0, 0.05) is 6.08 Å². The van der Waals surface area contributed by atoms with Gasteiger partial charge in [0.1, 0.15) is 0 Å². The van der Waals surface area contributed by atoms with Gasteiger partial charge in [0.25, 0.3) is 0 Å². The number of rotatable bonds is 12. The van der Waals surface area contributed by atoms with Crippen LogP contribution in [0.2, 0.25) is 0 Å². The lowest BCUT2D eigenvalue weighted by molar-refractivity contribution is -0.137. The van der Waals surface area contributed by atoms with Crippen LogP contribution in [0.3, 0.4) is 0 Å². The molecule has 0 aromatic heterocycles. The highest BCUT2D eigenvalue weighted by Gasteiger charge is 2.22. The fraction of sp³-hybridized carbons (Fsp3) is 0.292. The molecule has 182 valence electrons. The van der Waals surface area contributed by atoms with Gasteiger partial charge in [-0.3, -0.25) is 0 Å². The zero-order valence-electron chi connectivity index (χ0n) is 19.2. The van der Waals surface area contributed by atoms with Crippen LogP contribution in [-0.4, -0.2) is 52.6 Å². The number of para-hydroxylation sites is 2. The van der Waals surface area contributed by atoms with Gasteiger partial charge in [0.05, 0.1) is 40.1 Å². The van der Waals surface area contributed by atoms with Gasteiger partial charge in [-0.1, -0.05) is 18.7 Å². The maximum Gasteiger partial charge on any atom is 0.514 e. The van der Waals surface area contributed by atoms with E-state index in [1.54, 1.807) is 24.3 Å². The first-order chi connectivity index (χ1) is 16.4. The number of ether oxygens (including phenoxy) is 7. The van der Waals surface area contributed by atoms with Crippen molar-refractivity contribution in [3.05, 3.63) is 54.6 Å². The lowest BCUT2D eigenvalue weighted by Gasteiger charge is -2.15. The molecule has 0 aliphatic rings. The normalized spacial score (nSPS) is 9.97. The second-order valence-corrected chi connectivity index (χ2v) is 6.53. The summed E-state index contributed by atoms with van der Waals surface area (Å²) < 4.78 is 36.2. The molecule has 0 atom stereocenters. The molecule has 10 nitrogen and oxygen atoms in total. The summed E-state index contributed by atoms with van der Waals surface area (Å²) in [5, 5.41) is 0. The van der Waals surface area contributed by atoms with E-state index in [1.807, 2.05) is 0 Å². The Bertz CT molecular complexity index is 990. The van der Waals surface area contributed by atoms with Crippen molar-refractivity contribution < 1.29 is 47.5 Å². The number of esters is 2. The maximum absolute atomic E-state index is 12.7. The van der Waals surface area contributed by atoms with Crippen molar-refractivity contribution in [2.75, 3.05) is 34.5 Å². The summed E-state index contributed by atoms with van der Waals surface area (Å²) in [7, 11) is 4.14. The van der Waals surface area contributed by atoms with Crippen molar-refractivity contribution in [1.82, 2.24) is 0 Å². The number of carbonyl (C=O) groups excluding carboxylic acids is 3. The van der Waals surface area contributed by atoms with E-state index < -0.39 is 18.1 Å². The number of benzene rings is 2. The average molecular weight is 474 g/mol. The van der Waals surface area contributed by atoms with Gasteiger partial charge >= 0.3 is 18.1 Å². The summed E-state index contributed by atoms with van der Waals surface area (Å²) in [5.41, 5.74) is 0.0920. The SMILES string of the molecule is C=CC(=O)OCCCCOC(=O)Oc1c(OC)cc(C(=O)Oc2ccccc2OC)cc1OC. The van der Waals surface area contributed by atoms with Crippen LogP contribution in [0.5, 0.6) is 28.7 Å². The summed E-state index contributed by atoms with van der Waals surface area (Å²) in [4.78, 5) is 35.7. The van der Waals surface area contributed by atoms with Gasteiger partial charge < -0.3 is 33.2 Å². The van der Waals surface area contributed by atoms with Gasteiger partial charge in [-0.05, 0) is 37.1 Å². The Morgan fingerprint density at radius 2 is 1.35 bits per heavy atom. The predicted octanol–water partition coefficient (Wildman–Crippen LogP) is 3.96. The molecule has 0 spiro atoms. The Morgan fingerprint density at radius 3 is 1.91 bits per heavy atom. The Morgan fingerprint density at radius 1 is 0.794 bits per heavy atom. The molecular formula is C24H26O10. The van der Waals surface area contributed by atoms with Gasteiger partial charge in [-0.15, -0.1) is 0 Å². The standard InChI is InChI=1S/C24H26O10/c1-5-21(25)31-12-8-9-13-32-24(27)34-22-19(29-3)14-16(15-20(22)30-4)23(26)33-18-11-7-6-10-17(18)28-2/h5-7,10-11,14-15H,1,8-9,12-13H2,2-4H3. The Labute approximate surface area is 196 Å². The summed E-state index contributed by atoms with van der Waals surface area (Å²) in [6.45, 7) is 3.51. The van der Waals surface area contributed by atoms with Crippen LogP contribution >= 0.6 is 0 Å². The topological polar surface area (TPSA) is 116 Å². The molecule has 0 bridgehead atoms.